The Morgan fingerprint density at radius 3 is 2.58 bits per heavy atom. The van der Waals surface area contributed by atoms with Crippen LogP contribution < -0.4 is 0 Å². The Kier molecular flexibility index (Phi) is 5.01. The first kappa shape index (κ1) is 14.6. The van der Waals surface area contributed by atoms with Gasteiger partial charge in [0.15, 0.2) is 0 Å². The van der Waals surface area contributed by atoms with Gasteiger partial charge in [-0.2, -0.15) is 0 Å². The van der Waals surface area contributed by atoms with Crippen LogP contribution in [-0.2, 0) is 9.53 Å². The number of carbonyl (C=O) groups is 2. The molecule has 0 amide bonds. The highest BCUT2D eigenvalue weighted by Gasteiger charge is 2.14. The molecular formula is C13H10F2O4. The molecular weight excluding hydrogens is 258 g/mol. The van der Waals surface area contributed by atoms with Crippen LogP contribution in [0.2, 0.25) is 0 Å². The van der Waals surface area contributed by atoms with Crippen molar-refractivity contribution < 1.29 is 28.2 Å². The van der Waals surface area contributed by atoms with Crippen LogP contribution >= 0.6 is 0 Å². The quantitative estimate of drug-likeness (QED) is 0.672. The second-order valence-electron chi connectivity index (χ2n) is 3.40. The zero-order valence-corrected chi connectivity index (χ0v) is 10.00. The number of carboxylic acids is 1. The number of hydrogen-bond donors (Lipinski definition) is 1. The number of carboxylic acid groups (broad SMARTS) is 1. The van der Waals surface area contributed by atoms with E-state index in [-0.39, 0.29) is 18.6 Å². The third-order valence-electron chi connectivity index (χ3n) is 2.05. The zero-order chi connectivity index (χ0) is 14.4. The molecule has 6 heteroatoms. The van der Waals surface area contributed by atoms with Crippen molar-refractivity contribution in [3.63, 3.8) is 0 Å². The normalized spacial score (nSPS) is 9.42. The van der Waals surface area contributed by atoms with E-state index in [2.05, 4.69) is 16.6 Å². The number of benzene rings is 1. The van der Waals surface area contributed by atoms with Crippen molar-refractivity contribution in [2.24, 2.45) is 0 Å². The van der Waals surface area contributed by atoms with Gasteiger partial charge in [0, 0.05) is 6.07 Å². The molecule has 0 aliphatic carbocycles. The summed E-state index contributed by atoms with van der Waals surface area (Å²) in [6.07, 6.45) is -0.257. The number of ether oxygens (including phenoxy) is 1. The third kappa shape index (κ3) is 4.07. The molecule has 0 heterocycles. The summed E-state index contributed by atoms with van der Waals surface area (Å²) in [5.74, 6) is 0.339. The predicted molar refractivity (Wildman–Crippen MR) is 61.4 cm³/mol. The van der Waals surface area contributed by atoms with E-state index >= 15 is 0 Å². The fourth-order valence-electron chi connectivity index (χ4n) is 1.23. The minimum atomic E-state index is -1.52. The van der Waals surface area contributed by atoms with Crippen LogP contribution in [0.5, 0.6) is 0 Å². The maximum absolute atomic E-state index is 13.3. The van der Waals surface area contributed by atoms with Crippen molar-refractivity contribution >= 4 is 11.9 Å². The summed E-state index contributed by atoms with van der Waals surface area (Å²) in [7, 11) is 0. The van der Waals surface area contributed by atoms with Crippen molar-refractivity contribution in [3.8, 4) is 11.8 Å². The summed E-state index contributed by atoms with van der Waals surface area (Å²) in [4.78, 5) is 21.6. The van der Waals surface area contributed by atoms with E-state index in [9.17, 15) is 18.4 Å². The molecule has 4 nitrogen and oxygen atoms in total. The second kappa shape index (κ2) is 6.50. The molecule has 100 valence electrons. The SMILES string of the molecule is CCOC(=O)CC#Cc1cc(C(=O)O)c(F)cc1F. The highest BCUT2D eigenvalue weighted by molar-refractivity contribution is 5.88. The van der Waals surface area contributed by atoms with Crippen LogP contribution in [0.1, 0.15) is 29.3 Å². The summed E-state index contributed by atoms with van der Waals surface area (Å²) in [6, 6.07) is 1.23. The molecule has 1 aromatic carbocycles. The molecule has 19 heavy (non-hydrogen) atoms. The van der Waals surface area contributed by atoms with Crippen LogP contribution in [0.15, 0.2) is 12.1 Å². The van der Waals surface area contributed by atoms with Crippen molar-refractivity contribution in [1.29, 1.82) is 0 Å². The molecule has 0 saturated carbocycles. The fourth-order valence-corrected chi connectivity index (χ4v) is 1.23. The number of aromatic carboxylic acids is 1. The zero-order valence-electron chi connectivity index (χ0n) is 10.00. The lowest BCUT2D eigenvalue weighted by atomic mass is 10.1. The maximum Gasteiger partial charge on any atom is 0.338 e. The van der Waals surface area contributed by atoms with Crippen LogP contribution in [0, 0.1) is 23.5 Å². The fraction of sp³-hybridized carbons (Fsp3) is 0.231. The minimum absolute atomic E-state index is 0.203. The molecule has 0 saturated heterocycles. The smallest absolute Gasteiger partial charge is 0.338 e. The highest BCUT2D eigenvalue weighted by atomic mass is 19.1. The number of esters is 1. The molecule has 0 unspecified atom stereocenters. The van der Waals surface area contributed by atoms with Crippen molar-refractivity contribution in [2.45, 2.75) is 13.3 Å². The van der Waals surface area contributed by atoms with Gasteiger partial charge in [0.1, 0.15) is 18.1 Å². The van der Waals surface area contributed by atoms with E-state index in [1.54, 1.807) is 6.92 Å². The summed E-state index contributed by atoms with van der Waals surface area (Å²) < 4.78 is 31.0. The maximum atomic E-state index is 13.3. The van der Waals surface area contributed by atoms with Crippen molar-refractivity contribution in [3.05, 3.63) is 34.9 Å². The van der Waals surface area contributed by atoms with Gasteiger partial charge in [0.05, 0.1) is 17.7 Å². The Morgan fingerprint density at radius 1 is 1.32 bits per heavy atom. The lowest BCUT2D eigenvalue weighted by Crippen LogP contribution is -2.03. The number of halogens is 2. The molecule has 0 bridgehead atoms. The summed E-state index contributed by atoms with van der Waals surface area (Å²) in [5, 5.41) is 8.68. The van der Waals surface area contributed by atoms with E-state index in [0.29, 0.717) is 6.07 Å². The summed E-state index contributed by atoms with van der Waals surface area (Å²) in [5.41, 5.74) is -0.968. The predicted octanol–water partition coefficient (Wildman–Crippen LogP) is 1.97. The average molecular weight is 268 g/mol. The molecule has 0 aromatic heterocycles. The van der Waals surface area contributed by atoms with Crippen molar-refractivity contribution in [2.75, 3.05) is 6.61 Å². The second-order valence-corrected chi connectivity index (χ2v) is 3.40. The van der Waals surface area contributed by atoms with Gasteiger partial charge in [0.2, 0.25) is 0 Å². The molecule has 0 spiro atoms. The third-order valence-corrected chi connectivity index (χ3v) is 2.05. The first-order valence-electron chi connectivity index (χ1n) is 5.32. The van der Waals surface area contributed by atoms with Gasteiger partial charge in [-0.05, 0) is 13.0 Å². The van der Waals surface area contributed by atoms with E-state index in [4.69, 9.17) is 5.11 Å². The van der Waals surface area contributed by atoms with Crippen LogP contribution in [0.25, 0.3) is 0 Å². The molecule has 1 N–H and O–H groups in total. The number of carbonyl (C=O) groups excluding carboxylic acids is 1. The average Bonchev–Trinajstić information content (AvgIpc) is 2.31. The molecule has 0 aliphatic heterocycles. The van der Waals surface area contributed by atoms with Crippen LogP contribution in [0.4, 0.5) is 8.78 Å². The van der Waals surface area contributed by atoms with Gasteiger partial charge in [-0.1, -0.05) is 11.8 Å². The highest BCUT2D eigenvalue weighted by Crippen LogP contribution is 2.14. The lowest BCUT2D eigenvalue weighted by Gasteiger charge is -2.00. The van der Waals surface area contributed by atoms with Crippen LogP contribution in [-0.4, -0.2) is 23.7 Å². The largest absolute Gasteiger partial charge is 0.478 e. The van der Waals surface area contributed by atoms with E-state index < -0.39 is 29.1 Å². The first-order valence-corrected chi connectivity index (χ1v) is 5.32. The Bertz CT molecular complexity index is 570. The Labute approximate surface area is 108 Å². The Hall–Kier alpha value is -2.42. The molecule has 0 fully saturated rings. The van der Waals surface area contributed by atoms with Gasteiger partial charge in [0.25, 0.3) is 0 Å². The number of hydrogen-bond acceptors (Lipinski definition) is 3. The van der Waals surface area contributed by atoms with Gasteiger partial charge >= 0.3 is 11.9 Å². The van der Waals surface area contributed by atoms with E-state index in [0.717, 1.165) is 6.07 Å². The molecule has 1 aromatic rings. The monoisotopic (exact) mass is 268 g/mol. The Balaban J connectivity index is 2.96. The lowest BCUT2D eigenvalue weighted by molar-refractivity contribution is -0.141. The Morgan fingerprint density at radius 2 is 2.00 bits per heavy atom. The van der Waals surface area contributed by atoms with E-state index in [1.807, 2.05) is 0 Å². The van der Waals surface area contributed by atoms with E-state index in [1.165, 1.54) is 0 Å². The van der Waals surface area contributed by atoms with Gasteiger partial charge < -0.3 is 9.84 Å². The summed E-state index contributed by atoms with van der Waals surface area (Å²) in [6.45, 7) is 1.83. The van der Waals surface area contributed by atoms with Crippen LogP contribution in [0.3, 0.4) is 0 Å². The molecule has 0 radical (unpaired) electrons. The van der Waals surface area contributed by atoms with Gasteiger partial charge in [-0.15, -0.1) is 0 Å². The number of rotatable bonds is 3. The van der Waals surface area contributed by atoms with Gasteiger partial charge in [-0.3, -0.25) is 4.79 Å². The summed E-state index contributed by atoms with van der Waals surface area (Å²) >= 11 is 0. The topological polar surface area (TPSA) is 63.6 Å². The standard InChI is InChI=1S/C13H10F2O4/c1-2-19-12(16)5-3-4-8-6-9(13(17)18)11(15)7-10(8)14/h6-7H,2,5H2,1H3,(H,17,18). The van der Waals surface area contributed by atoms with Crippen molar-refractivity contribution in [1.82, 2.24) is 0 Å². The van der Waals surface area contributed by atoms with Gasteiger partial charge in [-0.25, -0.2) is 13.6 Å². The molecule has 0 aliphatic rings. The molecule has 0 atom stereocenters. The first-order chi connectivity index (χ1) is 8.95. The minimum Gasteiger partial charge on any atom is -0.478 e. The molecule has 1 rings (SSSR count).